The van der Waals surface area contributed by atoms with Crippen LogP contribution in [0.4, 0.5) is 0 Å². The normalized spacial score (nSPS) is 13.0. The zero-order valence-corrected chi connectivity index (χ0v) is 37.1. The second-order valence-corrected chi connectivity index (χ2v) is 16.4. The molecule has 0 aliphatic heterocycles. The molecule has 0 aromatic rings. The summed E-state index contributed by atoms with van der Waals surface area (Å²) in [6.07, 6.45) is 54.3. The number of aliphatic hydroxyl groups excluding tert-OH is 2. The highest BCUT2D eigenvalue weighted by Crippen LogP contribution is 2.14. The Morgan fingerprint density at radius 3 is 1.30 bits per heavy atom. The van der Waals surface area contributed by atoms with E-state index in [-0.39, 0.29) is 18.5 Å². The van der Waals surface area contributed by atoms with Crippen molar-refractivity contribution in [3.05, 3.63) is 36.5 Å². The maximum Gasteiger partial charge on any atom is 0.305 e. The minimum atomic E-state index is -0.875. The van der Waals surface area contributed by atoms with Crippen LogP contribution in [0.5, 0.6) is 0 Å². The largest absolute Gasteiger partial charge is 0.466 e. The van der Waals surface area contributed by atoms with Gasteiger partial charge in [-0.2, -0.15) is 0 Å². The summed E-state index contributed by atoms with van der Waals surface area (Å²) in [5, 5.41) is 23.0. The Hall–Kier alpha value is -1.92. The van der Waals surface area contributed by atoms with Gasteiger partial charge in [0.1, 0.15) is 0 Å². The number of carbonyl (C=O) groups is 2. The number of nitrogens with one attached hydrogen (secondary N) is 1. The second-order valence-electron chi connectivity index (χ2n) is 16.4. The smallest absolute Gasteiger partial charge is 0.305 e. The Morgan fingerprint density at radius 2 is 0.857 bits per heavy atom. The summed E-state index contributed by atoms with van der Waals surface area (Å²) in [6, 6.07) is -0.665. The average Bonchev–Trinajstić information content (AvgIpc) is 3.20. The summed E-state index contributed by atoms with van der Waals surface area (Å²) in [4.78, 5) is 24.4. The zero-order valence-electron chi connectivity index (χ0n) is 37.1. The Balaban J connectivity index is 3.60. The van der Waals surface area contributed by atoms with Crippen molar-refractivity contribution < 1.29 is 24.5 Å². The Bertz CT molecular complexity index is 915. The third-order valence-corrected chi connectivity index (χ3v) is 10.9. The van der Waals surface area contributed by atoms with Gasteiger partial charge in [-0.3, -0.25) is 9.59 Å². The highest BCUT2D eigenvalue weighted by Gasteiger charge is 2.17. The fourth-order valence-electron chi connectivity index (χ4n) is 7.10. The van der Waals surface area contributed by atoms with Gasteiger partial charge in [0.05, 0.1) is 25.4 Å². The van der Waals surface area contributed by atoms with E-state index >= 15 is 0 Å². The summed E-state index contributed by atoms with van der Waals surface area (Å²) < 4.78 is 5.43. The maximum absolute atomic E-state index is 12.4. The van der Waals surface area contributed by atoms with Crippen molar-refractivity contribution in [1.29, 1.82) is 0 Å². The van der Waals surface area contributed by atoms with Crippen LogP contribution in [0.2, 0.25) is 0 Å². The molecule has 6 nitrogen and oxygen atoms in total. The number of carbonyl (C=O) groups excluding carboxylic acids is 2. The molecule has 0 aromatic heterocycles. The summed E-state index contributed by atoms with van der Waals surface area (Å²) in [6.45, 7) is 4.79. The number of aliphatic hydroxyl groups is 2. The van der Waals surface area contributed by atoms with Crippen molar-refractivity contribution in [1.82, 2.24) is 5.32 Å². The van der Waals surface area contributed by atoms with E-state index in [0.29, 0.717) is 19.4 Å². The molecule has 0 saturated carbocycles. The van der Waals surface area contributed by atoms with Gasteiger partial charge in [0, 0.05) is 12.8 Å². The molecule has 0 rings (SSSR count). The average molecular weight is 788 g/mol. The van der Waals surface area contributed by atoms with Crippen LogP contribution >= 0.6 is 0 Å². The van der Waals surface area contributed by atoms with Crippen LogP contribution in [0.1, 0.15) is 245 Å². The second kappa shape index (κ2) is 45.8. The van der Waals surface area contributed by atoms with E-state index in [2.05, 4.69) is 43.5 Å². The van der Waals surface area contributed by atoms with E-state index in [1.165, 1.54) is 148 Å². The molecule has 56 heavy (non-hydrogen) atoms. The monoisotopic (exact) mass is 788 g/mol. The number of esters is 1. The first-order valence-corrected chi connectivity index (χ1v) is 24.3. The molecule has 0 radical (unpaired) electrons. The van der Waals surface area contributed by atoms with Crippen LogP contribution in [0, 0.1) is 0 Å². The van der Waals surface area contributed by atoms with Gasteiger partial charge < -0.3 is 20.3 Å². The Morgan fingerprint density at radius 1 is 0.482 bits per heavy atom. The van der Waals surface area contributed by atoms with Crippen molar-refractivity contribution in [3.63, 3.8) is 0 Å². The van der Waals surface area contributed by atoms with Gasteiger partial charge in [-0.05, 0) is 77.0 Å². The molecule has 0 aliphatic carbocycles. The SMILES string of the molecule is CCCCCCCC/C=C\CCCCCCCC(=O)OCCCCCC/C=C\CCCC(=O)NC(CO)C(O)/C=C/CCCCCCCCCCCCCCC. The van der Waals surface area contributed by atoms with Crippen LogP contribution in [0.15, 0.2) is 36.5 Å². The molecule has 2 atom stereocenters. The number of hydrogen-bond donors (Lipinski definition) is 3. The quantitative estimate of drug-likeness (QED) is 0.0325. The summed E-state index contributed by atoms with van der Waals surface area (Å²) in [5.74, 6) is -0.177. The highest BCUT2D eigenvalue weighted by molar-refractivity contribution is 5.76. The molecular formula is C50H93NO5. The zero-order chi connectivity index (χ0) is 40.8. The van der Waals surface area contributed by atoms with E-state index in [9.17, 15) is 19.8 Å². The molecule has 2 unspecified atom stereocenters. The van der Waals surface area contributed by atoms with Gasteiger partial charge in [-0.15, -0.1) is 0 Å². The fraction of sp³-hybridized carbons (Fsp3) is 0.840. The molecular weight excluding hydrogens is 695 g/mol. The number of unbranched alkanes of at least 4 members (excludes halogenated alkanes) is 29. The molecule has 1 amide bonds. The van der Waals surface area contributed by atoms with Crippen molar-refractivity contribution >= 4 is 11.9 Å². The molecule has 0 aliphatic rings. The first-order valence-electron chi connectivity index (χ1n) is 24.3. The Kier molecular flexibility index (Phi) is 44.2. The van der Waals surface area contributed by atoms with Crippen LogP contribution in [-0.2, 0) is 14.3 Å². The first kappa shape index (κ1) is 54.1. The maximum atomic E-state index is 12.4. The summed E-state index contributed by atoms with van der Waals surface area (Å²) in [7, 11) is 0. The standard InChI is InChI=1S/C50H93NO5/c1-3-5-7-9-11-13-15-17-19-21-23-26-30-34-38-42-48(53)47(46-52)51-49(54)43-39-35-31-27-25-29-33-37-41-45-56-50(55)44-40-36-32-28-24-22-20-18-16-14-12-10-8-6-4-2/h18,20,27,31,38,42,47-48,52-53H,3-17,19,21-26,28-30,32-37,39-41,43-46H2,1-2H3,(H,51,54)/b20-18-,31-27-,42-38+. The number of hydrogen-bond acceptors (Lipinski definition) is 5. The van der Waals surface area contributed by atoms with Crippen LogP contribution in [-0.4, -0.2) is 47.4 Å². The molecule has 6 heteroatoms. The fourth-order valence-corrected chi connectivity index (χ4v) is 7.10. The van der Waals surface area contributed by atoms with Crippen molar-refractivity contribution in [3.8, 4) is 0 Å². The molecule has 0 saturated heterocycles. The summed E-state index contributed by atoms with van der Waals surface area (Å²) >= 11 is 0. The van der Waals surface area contributed by atoms with Gasteiger partial charge in [0.15, 0.2) is 0 Å². The molecule has 0 bridgehead atoms. The van der Waals surface area contributed by atoms with Crippen molar-refractivity contribution in [2.75, 3.05) is 13.2 Å². The molecule has 0 spiro atoms. The lowest BCUT2D eigenvalue weighted by Crippen LogP contribution is -2.45. The van der Waals surface area contributed by atoms with Crippen LogP contribution in [0.3, 0.4) is 0 Å². The number of allylic oxidation sites excluding steroid dienone is 5. The lowest BCUT2D eigenvalue weighted by molar-refractivity contribution is -0.143. The van der Waals surface area contributed by atoms with Crippen LogP contribution in [0.25, 0.3) is 0 Å². The van der Waals surface area contributed by atoms with Gasteiger partial charge in [-0.25, -0.2) is 0 Å². The minimum absolute atomic E-state index is 0.0467. The van der Waals surface area contributed by atoms with E-state index in [1.807, 2.05) is 6.08 Å². The lowest BCUT2D eigenvalue weighted by atomic mass is 10.0. The van der Waals surface area contributed by atoms with E-state index in [1.54, 1.807) is 6.08 Å². The van der Waals surface area contributed by atoms with Gasteiger partial charge >= 0.3 is 5.97 Å². The molecule has 0 heterocycles. The highest BCUT2D eigenvalue weighted by atomic mass is 16.5. The molecule has 0 fully saturated rings. The van der Waals surface area contributed by atoms with E-state index < -0.39 is 12.1 Å². The van der Waals surface area contributed by atoms with Gasteiger partial charge in [0.2, 0.25) is 5.91 Å². The van der Waals surface area contributed by atoms with E-state index in [4.69, 9.17) is 4.74 Å². The lowest BCUT2D eigenvalue weighted by Gasteiger charge is -2.19. The summed E-state index contributed by atoms with van der Waals surface area (Å²) in [5.41, 5.74) is 0. The minimum Gasteiger partial charge on any atom is -0.466 e. The third-order valence-electron chi connectivity index (χ3n) is 10.9. The predicted molar refractivity (Wildman–Crippen MR) is 241 cm³/mol. The van der Waals surface area contributed by atoms with Crippen molar-refractivity contribution in [2.24, 2.45) is 0 Å². The number of amides is 1. The molecule has 0 aromatic carbocycles. The topological polar surface area (TPSA) is 95.9 Å². The molecule has 328 valence electrons. The van der Waals surface area contributed by atoms with Gasteiger partial charge in [0.25, 0.3) is 0 Å². The third kappa shape index (κ3) is 41.7. The van der Waals surface area contributed by atoms with Crippen molar-refractivity contribution in [2.45, 2.75) is 257 Å². The van der Waals surface area contributed by atoms with E-state index in [0.717, 1.165) is 70.6 Å². The first-order chi connectivity index (χ1) is 27.5. The Labute approximate surface area is 347 Å². The molecule has 3 N–H and O–H groups in total. The van der Waals surface area contributed by atoms with Gasteiger partial charge in [-0.1, -0.05) is 192 Å². The van der Waals surface area contributed by atoms with Crippen LogP contribution < -0.4 is 5.32 Å². The number of rotatable bonds is 44. The predicted octanol–water partition coefficient (Wildman–Crippen LogP) is 14.1. The number of ether oxygens (including phenoxy) is 1.